The lowest BCUT2D eigenvalue weighted by atomic mass is 10.0. The smallest absolute Gasteiger partial charge is 0.185 e. The first-order chi connectivity index (χ1) is 15.0. The zero-order valence-corrected chi connectivity index (χ0v) is 18.8. The molecule has 31 heavy (non-hydrogen) atoms. The molecule has 2 aromatic rings. The fourth-order valence-electron chi connectivity index (χ4n) is 2.90. The van der Waals surface area contributed by atoms with Crippen molar-refractivity contribution in [3.63, 3.8) is 0 Å². The van der Waals surface area contributed by atoms with Crippen LogP contribution in [0.15, 0.2) is 67.5 Å². The van der Waals surface area contributed by atoms with Gasteiger partial charge in [0.25, 0.3) is 0 Å². The molecule has 0 atom stereocenters. The lowest BCUT2D eigenvalue weighted by Gasteiger charge is -2.15. The van der Waals surface area contributed by atoms with Gasteiger partial charge in [-0.2, -0.15) is 0 Å². The maximum absolute atomic E-state index is 12.7. The number of hydrogen-bond donors (Lipinski definition) is 0. The van der Waals surface area contributed by atoms with Crippen molar-refractivity contribution in [2.75, 3.05) is 13.2 Å². The monoisotopic (exact) mass is 420 g/mol. The fraction of sp³-hybridized carbons (Fsp3) is 0.296. The third-order valence-electron chi connectivity index (χ3n) is 4.33. The van der Waals surface area contributed by atoms with E-state index in [0.717, 1.165) is 29.7 Å². The van der Waals surface area contributed by atoms with E-state index in [4.69, 9.17) is 14.2 Å². The van der Waals surface area contributed by atoms with E-state index in [1.807, 2.05) is 18.2 Å². The van der Waals surface area contributed by atoms with E-state index in [0.29, 0.717) is 42.5 Å². The molecule has 0 aliphatic heterocycles. The number of hydrogen-bond acceptors (Lipinski definition) is 4. The third kappa shape index (κ3) is 7.49. The summed E-state index contributed by atoms with van der Waals surface area (Å²) >= 11 is 0. The summed E-state index contributed by atoms with van der Waals surface area (Å²) in [5.41, 5.74) is 2.43. The van der Waals surface area contributed by atoms with Gasteiger partial charge in [-0.3, -0.25) is 4.79 Å². The summed E-state index contributed by atoms with van der Waals surface area (Å²) in [4.78, 5) is 12.7. The molecule has 0 heterocycles. The van der Waals surface area contributed by atoms with E-state index in [1.54, 1.807) is 43.3 Å². The Balaban J connectivity index is 2.30. The molecule has 0 N–H and O–H groups in total. The zero-order valence-electron chi connectivity index (χ0n) is 18.8. The summed E-state index contributed by atoms with van der Waals surface area (Å²) in [6.45, 7) is 14.7. The maximum atomic E-state index is 12.7. The van der Waals surface area contributed by atoms with Crippen molar-refractivity contribution in [1.29, 1.82) is 0 Å². The van der Waals surface area contributed by atoms with Gasteiger partial charge in [-0.25, -0.2) is 0 Å². The quantitative estimate of drug-likeness (QED) is 0.155. The first-order valence-electron chi connectivity index (χ1n) is 10.7. The molecule has 4 nitrogen and oxygen atoms in total. The second-order valence-corrected chi connectivity index (χ2v) is 7.21. The number of rotatable bonds is 13. The molecule has 0 amide bonds. The van der Waals surface area contributed by atoms with E-state index in [2.05, 4.69) is 27.0 Å². The molecular formula is C27H32O4. The third-order valence-corrected chi connectivity index (χ3v) is 4.33. The van der Waals surface area contributed by atoms with Crippen LogP contribution in [0.1, 0.15) is 55.1 Å². The number of allylic oxidation sites excluding steroid dienone is 3. The van der Waals surface area contributed by atoms with Crippen LogP contribution in [-0.4, -0.2) is 19.0 Å². The van der Waals surface area contributed by atoms with Crippen LogP contribution in [0.3, 0.4) is 0 Å². The van der Waals surface area contributed by atoms with E-state index in [-0.39, 0.29) is 5.78 Å². The summed E-state index contributed by atoms with van der Waals surface area (Å²) in [5.74, 6) is 2.65. The van der Waals surface area contributed by atoms with Crippen LogP contribution in [0.2, 0.25) is 0 Å². The van der Waals surface area contributed by atoms with Crippen molar-refractivity contribution >= 4 is 11.9 Å². The van der Waals surface area contributed by atoms with Crippen molar-refractivity contribution in [2.24, 2.45) is 0 Å². The molecule has 0 spiro atoms. The molecule has 0 aliphatic rings. The van der Waals surface area contributed by atoms with Crippen LogP contribution in [0.25, 0.3) is 6.08 Å². The highest BCUT2D eigenvalue weighted by Gasteiger charge is 2.11. The lowest BCUT2D eigenvalue weighted by molar-refractivity contribution is 0.104. The Morgan fingerprint density at radius 1 is 1.00 bits per heavy atom. The van der Waals surface area contributed by atoms with Gasteiger partial charge in [0.05, 0.1) is 19.0 Å². The maximum Gasteiger partial charge on any atom is 0.185 e. The topological polar surface area (TPSA) is 44.8 Å². The summed E-state index contributed by atoms with van der Waals surface area (Å²) in [6, 6.07) is 10.9. The predicted molar refractivity (Wildman–Crippen MR) is 127 cm³/mol. The molecule has 0 bridgehead atoms. The molecule has 0 saturated carbocycles. The van der Waals surface area contributed by atoms with Gasteiger partial charge >= 0.3 is 0 Å². The highest BCUT2D eigenvalue weighted by molar-refractivity contribution is 6.07. The number of benzene rings is 2. The van der Waals surface area contributed by atoms with Gasteiger partial charge in [0.1, 0.15) is 17.2 Å². The van der Waals surface area contributed by atoms with Gasteiger partial charge < -0.3 is 14.2 Å². The van der Waals surface area contributed by atoms with Crippen LogP contribution in [0, 0.1) is 0 Å². The standard InChI is InChI=1S/C27H32O4/c1-6-9-22-18-23(27(30-17-8-3)19-26(22)29-16-7-2)12-15-25(28)21-10-13-24(14-11-21)31-20(4)5/h6,10-15,18-19H,1,4,7-9,16-17H2,2-3,5H3/b15-12+. The Bertz CT molecular complexity index is 923. The van der Waals surface area contributed by atoms with Crippen LogP contribution < -0.4 is 14.2 Å². The molecule has 2 rings (SSSR count). The molecule has 0 saturated heterocycles. The molecule has 0 fully saturated rings. The molecule has 0 unspecified atom stereocenters. The molecule has 164 valence electrons. The van der Waals surface area contributed by atoms with E-state index >= 15 is 0 Å². The van der Waals surface area contributed by atoms with Crippen molar-refractivity contribution in [1.82, 2.24) is 0 Å². The average Bonchev–Trinajstić information content (AvgIpc) is 2.76. The molecule has 4 heteroatoms. The van der Waals surface area contributed by atoms with Crippen LogP contribution in [0.5, 0.6) is 17.2 Å². The largest absolute Gasteiger partial charge is 0.493 e. The molecular weight excluding hydrogens is 388 g/mol. The van der Waals surface area contributed by atoms with E-state index in [1.165, 1.54) is 0 Å². The second-order valence-electron chi connectivity index (χ2n) is 7.21. The molecule has 0 aliphatic carbocycles. The Labute approximate surface area is 185 Å². The van der Waals surface area contributed by atoms with Crippen molar-refractivity contribution in [2.45, 2.75) is 40.0 Å². The Morgan fingerprint density at radius 2 is 1.65 bits per heavy atom. The summed E-state index contributed by atoms with van der Waals surface area (Å²) in [7, 11) is 0. The number of ketones is 1. The highest BCUT2D eigenvalue weighted by atomic mass is 16.5. The summed E-state index contributed by atoms with van der Waals surface area (Å²) in [5, 5.41) is 0. The van der Waals surface area contributed by atoms with Gasteiger partial charge in [-0.15, -0.1) is 6.58 Å². The Kier molecular flexibility index (Phi) is 9.63. The van der Waals surface area contributed by atoms with Crippen molar-refractivity contribution < 1.29 is 19.0 Å². The zero-order chi connectivity index (χ0) is 22.6. The van der Waals surface area contributed by atoms with Gasteiger partial charge in [0.2, 0.25) is 0 Å². The first-order valence-corrected chi connectivity index (χ1v) is 10.7. The van der Waals surface area contributed by atoms with Gasteiger partial charge in [-0.1, -0.05) is 26.5 Å². The summed E-state index contributed by atoms with van der Waals surface area (Å²) in [6.07, 6.45) is 7.68. The SMILES string of the molecule is C=CCc1cc(/C=C/C(=O)c2ccc(OC(=C)C)cc2)c(OCCC)cc1OCCC. The van der Waals surface area contributed by atoms with Crippen molar-refractivity contribution in [3.8, 4) is 17.2 Å². The van der Waals surface area contributed by atoms with Crippen LogP contribution in [-0.2, 0) is 6.42 Å². The second kappa shape index (κ2) is 12.4. The minimum Gasteiger partial charge on any atom is -0.493 e. The minimum absolute atomic E-state index is 0.0973. The predicted octanol–water partition coefficient (Wildman–Crippen LogP) is 6.80. The van der Waals surface area contributed by atoms with Gasteiger partial charge in [-0.05, 0) is 74.2 Å². The molecule has 2 aromatic carbocycles. The molecule has 0 aromatic heterocycles. The average molecular weight is 421 g/mol. The number of carbonyl (C=O) groups is 1. The van der Waals surface area contributed by atoms with Crippen molar-refractivity contribution in [3.05, 3.63) is 84.2 Å². The normalized spacial score (nSPS) is 10.7. The van der Waals surface area contributed by atoms with E-state index < -0.39 is 0 Å². The van der Waals surface area contributed by atoms with Crippen LogP contribution >= 0.6 is 0 Å². The Hall–Kier alpha value is -3.27. The fourth-order valence-corrected chi connectivity index (χ4v) is 2.90. The number of carbonyl (C=O) groups excluding carboxylic acids is 1. The van der Waals surface area contributed by atoms with E-state index in [9.17, 15) is 4.79 Å². The Morgan fingerprint density at radius 3 is 2.23 bits per heavy atom. The lowest BCUT2D eigenvalue weighted by Crippen LogP contribution is -2.03. The highest BCUT2D eigenvalue weighted by Crippen LogP contribution is 2.31. The van der Waals surface area contributed by atoms with Crippen LogP contribution in [0.4, 0.5) is 0 Å². The first kappa shape index (κ1) is 24.0. The van der Waals surface area contributed by atoms with Gasteiger partial charge in [0.15, 0.2) is 5.78 Å². The minimum atomic E-state index is -0.0973. The molecule has 0 radical (unpaired) electrons. The summed E-state index contributed by atoms with van der Waals surface area (Å²) < 4.78 is 17.3. The van der Waals surface area contributed by atoms with Gasteiger partial charge in [0, 0.05) is 17.2 Å². The number of ether oxygens (including phenoxy) is 3.